The summed E-state index contributed by atoms with van der Waals surface area (Å²) in [6.07, 6.45) is -1.50. The lowest BCUT2D eigenvalue weighted by molar-refractivity contribution is -0.137. The maximum absolute atomic E-state index is 12.8. The van der Waals surface area contributed by atoms with Crippen molar-refractivity contribution >= 4 is 17.6 Å². The van der Waals surface area contributed by atoms with Crippen LogP contribution in [0.4, 0.5) is 19.0 Å². The zero-order valence-corrected chi connectivity index (χ0v) is 12.2. The average molecular weight is 313 g/mol. The Balaban J connectivity index is 2.07. The van der Waals surface area contributed by atoms with Gasteiger partial charge in [0.1, 0.15) is 5.82 Å². The van der Waals surface area contributed by atoms with Crippen molar-refractivity contribution in [2.45, 2.75) is 18.3 Å². The standard InChI is InChI=1S/C14H14F3N3S/c1-21-8-12-11-5-6-18-13(11)20(19-12)10-4-2-3-9(7-10)14(15,16)17/h2-4,7,18H,5-6,8H2,1H3. The van der Waals surface area contributed by atoms with E-state index in [1.807, 2.05) is 6.26 Å². The number of rotatable bonds is 3. The lowest BCUT2D eigenvalue weighted by atomic mass is 10.2. The van der Waals surface area contributed by atoms with Crippen LogP contribution in [0.1, 0.15) is 16.8 Å². The van der Waals surface area contributed by atoms with Gasteiger partial charge in [-0.3, -0.25) is 0 Å². The Morgan fingerprint density at radius 2 is 2.19 bits per heavy atom. The van der Waals surface area contributed by atoms with E-state index in [9.17, 15) is 13.2 Å². The van der Waals surface area contributed by atoms with Gasteiger partial charge in [0.15, 0.2) is 0 Å². The predicted octanol–water partition coefficient (Wildman–Crippen LogP) is 3.72. The van der Waals surface area contributed by atoms with Crippen molar-refractivity contribution in [1.82, 2.24) is 9.78 Å². The summed E-state index contributed by atoms with van der Waals surface area (Å²) in [5.74, 6) is 1.58. The second-order valence-corrected chi connectivity index (χ2v) is 5.71. The van der Waals surface area contributed by atoms with Gasteiger partial charge in [-0.05, 0) is 30.9 Å². The molecule has 0 fully saturated rings. The fourth-order valence-corrected chi connectivity index (χ4v) is 3.00. The molecule has 0 saturated heterocycles. The Labute approximate surface area is 124 Å². The molecule has 7 heteroatoms. The monoisotopic (exact) mass is 313 g/mol. The molecule has 2 heterocycles. The number of aromatic nitrogens is 2. The Morgan fingerprint density at radius 1 is 1.38 bits per heavy atom. The van der Waals surface area contributed by atoms with E-state index in [4.69, 9.17) is 0 Å². The number of benzene rings is 1. The maximum atomic E-state index is 12.8. The molecular formula is C14H14F3N3S. The van der Waals surface area contributed by atoms with E-state index in [1.165, 1.54) is 6.07 Å². The molecule has 1 aromatic heterocycles. The first-order valence-corrected chi connectivity index (χ1v) is 7.91. The van der Waals surface area contributed by atoms with Gasteiger partial charge in [0.25, 0.3) is 0 Å². The molecule has 0 saturated carbocycles. The number of thioether (sulfide) groups is 1. The van der Waals surface area contributed by atoms with Gasteiger partial charge in [0.2, 0.25) is 0 Å². The Kier molecular flexibility index (Phi) is 3.61. The minimum atomic E-state index is -4.35. The fraction of sp³-hybridized carbons (Fsp3) is 0.357. The van der Waals surface area contributed by atoms with E-state index in [-0.39, 0.29) is 0 Å². The van der Waals surface area contributed by atoms with E-state index >= 15 is 0 Å². The molecule has 21 heavy (non-hydrogen) atoms. The Morgan fingerprint density at radius 3 is 2.90 bits per heavy atom. The third-order valence-electron chi connectivity index (χ3n) is 3.43. The van der Waals surface area contributed by atoms with E-state index in [2.05, 4.69) is 10.4 Å². The fourth-order valence-electron chi connectivity index (χ4n) is 2.50. The predicted molar refractivity (Wildman–Crippen MR) is 78.0 cm³/mol. The summed E-state index contributed by atoms with van der Waals surface area (Å²) in [5, 5.41) is 7.70. The van der Waals surface area contributed by atoms with Gasteiger partial charge in [0.05, 0.1) is 16.9 Å². The number of nitrogens with one attached hydrogen (secondary N) is 1. The van der Waals surface area contributed by atoms with Crippen molar-refractivity contribution in [3.8, 4) is 5.69 Å². The molecule has 1 aromatic carbocycles. The van der Waals surface area contributed by atoms with Crippen molar-refractivity contribution < 1.29 is 13.2 Å². The molecular weight excluding hydrogens is 299 g/mol. The number of halogens is 3. The van der Waals surface area contributed by atoms with Crippen LogP contribution in [0.15, 0.2) is 24.3 Å². The molecule has 0 aliphatic carbocycles. The van der Waals surface area contributed by atoms with Crippen LogP contribution >= 0.6 is 11.8 Å². The summed E-state index contributed by atoms with van der Waals surface area (Å²) in [6, 6.07) is 5.26. The van der Waals surface area contributed by atoms with E-state index in [0.717, 1.165) is 47.9 Å². The zero-order valence-electron chi connectivity index (χ0n) is 11.4. The number of anilines is 1. The van der Waals surface area contributed by atoms with Gasteiger partial charge < -0.3 is 5.32 Å². The van der Waals surface area contributed by atoms with Crippen LogP contribution in [0, 0.1) is 0 Å². The highest BCUT2D eigenvalue weighted by Crippen LogP contribution is 2.33. The van der Waals surface area contributed by atoms with Crippen LogP contribution in [-0.2, 0) is 18.3 Å². The molecule has 0 atom stereocenters. The second kappa shape index (κ2) is 5.29. The van der Waals surface area contributed by atoms with Crippen molar-refractivity contribution in [1.29, 1.82) is 0 Å². The van der Waals surface area contributed by atoms with Crippen molar-refractivity contribution in [2.24, 2.45) is 0 Å². The summed E-state index contributed by atoms with van der Waals surface area (Å²) in [7, 11) is 0. The highest BCUT2D eigenvalue weighted by Gasteiger charge is 2.31. The topological polar surface area (TPSA) is 29.9 Å². The maximum Gasteiger partial charge on any atom is 0.416 e. The van der Waals surface area contributed by atoms with Crippen LogP contribution in [0.2, 0.25) is 0 Å². The number of nitrogens with zero attached hydrogens (tertiary/aromatic N) is 2. The molecule has 1 N–H and O–H groups in total. The number of alkyl halides is 3. The van der Waals surface area contributed by atoms with Gasteiger partial charge in [-0.15, -0.1) is 0 Å². The highest BCUT2D eigenvalue weighted by molar-refractivity contribution is 7.97. The van der Waals surface area contributed by atoms with Crippen LogP contribution in [-0.4, -0.2) is 22.6 Å². The minimum Gasteiger partial charge on any atom is -0.369 e. The Bertz CT molecular complexity index is 664. The molecule has 0 bridgehead atoms. The quantitative estimate of drug-likeness (QED) is 0.936. The highest BCUT2D eigenvalue weighted by atomic mass is 32.2. The second-order valence-electron chi connectivity index (χ2n) is 4.84. The SMILES string of the molecule is CSCc1nn(-c2cccc(C(F)(F)F)c2)c2c1CCN2. The summed E-state index contributed by atoms with van der Waals surface area (Å²) < 4.78 is 40.1. The van der Waals surface area contributed by atoms with Gasteiger partial charge in [-0.1, -0.05) is 6.07 Å². The first-order valence-electron chi connectivity index (χ1n) is 6.52. The molecule has 3 nitrogen and oxygen atoms in total. The molecule has 2 aromatic rings. The van der Waals surface area contributed by atoms with Crippen molar-refractivity contribution in [3.05, 3.63) is 41.1 Å². The molecule has 0 radical (unpaired) electrons. The van der Waals surface area contributed by atoms with Gasteiger partial charge in [-0.25, -0.2) is 4.68 Å². The smallest absolute Gasteiger partial charge is 0.369 e. The number of hydrogen-bond donors (Lipinski definition) is 1. The first-order chi connectivity index (χ1) is 10.0. The molecule has 112 valence electrons. The molecule has 1 aliphatic heterocycles. The van der Waals surface area contributed by atoms with Crippen LogP contribution in [0.3, 0.4) is 0 Å². The summed E-state index contributed by atoms with van der Waals surface area (Å²) in [6.45, 7) is 0.799. The summed E-state index contributed by atoms with van der Waals surface area (Å²) >= 11 is 1.65. The Hall–Kier alpha value is -1.63. The van der Waals surface area contributed by atoms with Crippen molar-refractivity contribution in [3.63, 3.8) is 0 Å². The molecule has 0 spiro atoms. The van der Waals surface area contributed by atoms with Crippen LogP contribution < -0.4 is 5.32 Å². The van der Waals surface area contributed by atoms with Crippen LogP contribution in [0.5, 0.6) is 0 Å². The van der Waals surface area contributed by atoms with Crippen molar-refractivity contribution in [2.75, 3.05) is 18.1 Å². The lowest BCUT2D eigenvalue weighted by Gasteiger charge is -2.10. The van der Waals surface area contributed by atoms with Gasteiger partial charge in [0, 0.05) is 17.9 Å². The van der Waals surface area contributed by atoms with Gasteiger partial charge >= 0.3 is 6.18 Å². The first kappa shape index (κ1) is 14.3. The summed E-state index contributed by atoms with van der Waals surface area (Å²) in [5.41, 5.74) is 1.83. The third-order valence-corrected chi connectivity index (χ3v) is 4.00. The van der Waals surface area contributed by atoms with E-state index in [0.29, 0.717) is 5.69 Å². The normalized spacial score (nSPS) is 14.1. The molecule has 3 rings (SSSR count). The largest absolute Gasteiger partial charge is 0.416 e. The zero-order chi connectivity index (χ0) is 15.0. The van der Waals surface area contributed by atoms with E-state index < -0.39 is 11.7 Å². The van der Waals surface area contributed by atoms with Crippen LogP contribution in [0.25, 0.3) is 5.69 Å². The molecule has 0 amide bonds. The third kappa shape index (κ3) is 2.62. The average Bonchev–Trinajstić information content (AvgIpc) is 3.02. The molecule has 1 aliphatic rings. The number of hydrogen-bond acceptors (Lipinski definition) is 3. The number of fused-ring (bicyclic) bond motifs is 1. The van der Waals surface area contributed by atoms with Gasteiger partial charge in [-0.2, -0.15) is 30.0 Å². The molecule has 0 unspecified atom stereocenters. The summed E-state index contributed by atoms with van der Waals surface area (Å²) in [4.78, 5) is 0. The van der Waals surface area contributed by atoms with E-state index in [1.54, 1.807) is 22.5 Å². The minimum absolute atomic E-state index is 0.433. The lowest BCUT2D eigenvalue weighted by Crippen LogP contribution is -2.08.